The van der Waals surface area contributed by atoms with Crippen LogP contribution in [0, 0.1) is 0 Å². The van der Waals surface area contributed by atoms with Crippen molar-refractivity contribution >= 4 is 17.8 Å². The number of hydrogen-bond donors (Lipinski definition) is 0. The van der Waals surface area contributed by atoms with E-state index in [9.17, 15) is 14.4 Å². The van der Waals surface area contributed by atoms with Crippen LogP contribution in [-0.2, 0) is 19.1 Å². The second-order valence-electron chi connectivity index (χ2n) is 6.53. The Morgan fingerprint density at radius 2 is 1.23 bits per heavy atom. The van der Waals surface area contributed by atoms with Crippen molar-refractivity contribution < 1.29 is 23.9 Å². The average Bonchev–Trinajstić information content (AvgIpc) is 2.79. The molecule has 1 aliphatic heterocycles. The second-order valence-corrected chi connectivity index (χ2v) is 6.53. The fraction of sp³-hybridized carbons (Fsp3) is 0.208. The molecule has 2 aromatic rings. The number of amides is 1. The van der Waals surface area contributed by atoms with Gasteiger partial charge in [-0.2, -0.15) is 0 Å². The molecule has 0 aromatic heterocycles. The summed E-state index contributed by atoms with van der Waals surface area (Å²) in [6.07, 6.45) is 2.88. The highest BCUT2D eigenvalue weighted by Gasteiger charge is 2.36. The summed E-state index contributed by atoms with van der Waals surface area (Å²) < 4.78 is 10.5. The molecular weight excluding hydrogens is 382 g/mol. The van der Waals surface area contributed by atoms with Gasteiger partial charge in [-0.3, -0.25) is 9.69 Å². The van der Waals surface area contributed by atoms with Crippen molar-refractivity contribution in [1.29, 1.82) is 0 Å². The quantitative estimate of drug-likeness (QED) is 0.683. The summed E-state index contributed by atoms with van der Waals surface area (Å²) in [6.45, 7) is 3.74. The number of carbonyl (C=O) groups is 3. The van der Waals surface area contributed by atoms with Crippen LogP contribution in [0.1, 0.15) is 35.7 Å². The van der Waals surface area contributed by atoms with Gasteiger partial charge < -0.3 is 9.47 Å². The van der Waals surface area contributed by atoms with Gasteiger partial charge in [-0.25, -0.2) is 9.59 Å². The average molecular weight is 405 g/mol. The van der Waals surface area contributed by atoms with Crippen LogP contribution in [0.5, 0.6) is 0 Å². The third-order valence-corrected chi connectivity index (χ3v) is 4.59. The highest BCUT2D eigenvalue weighted by molar-refractivity contribution is 6.02. The van der Waals surface area contributed by atoms with Crippen LogP contribution in [0.25, 0.3) is 0 Å². The molecule has 0 bridgehead atoms. The van der Waals surface area contributed by atoms with Gasteiger partial charge in [0.15, 0.2) is 0 Å². The molecule has 0 fully saturated rings. The van der Waals surface area contributed by atoms with Gasteiger partial charge >= 0.3 is 11.9 Å². The monoisotopic (exact) mass is 405 g/mol. The Hall–Kier alpha value is -3.67. The Kier molecular flexibility index (Phi) is 6.80. The van der Waals surface area contributed by atoms with Crippen molar-refractivity contribution in [3.8, 4) is 0 Å². The van der Waals surface area contributed by atoms with Gasteiger partial charge in [0.2, 0.25) is 0 Å². The maximum atomic E-state index is 13.0. The van der Waals surface area contributed by atoms with Crippen molar-refractivity contribution in [3.05, 3.63) is 95.3 Å². The highest BCUT2D eigenvalue weighted by atomic mass is 16.5. The molecule has 3 rings (SSSR count). The molecule has 1 heterocycles. The van der Waals surface area contributed by atoms with E-state index >= 15 is 0 Å². The minimum Gasteiger partial charge on any atom is -0.463 e. The van der Waals surface area contributed by atoms with Crippen LogP contribution in [0.15, 0.2) is 84.2 Å². The molecule has 6 heteroatoms. The Morgan fingerprint density at radius 3 is 1.70 bits per heavy atom. The van der Waals surface area contributed by atoms with Crippen LogP contribution in [0.2, 0.25) is 0 Å². The van der Waals surface area contributed by atoms with Gasteiger partial charge in [-0.15, -0.1) is 0 Å². The van der Waals surface area contributed by atoms with Crippen molar-refractivity contribution in [2.75, 3.05) is 13.2 Å². The van der Waals surface area contributed by atoms with Crippen molar-refractivity contribution in [1.82, 2.24) is 4.90 Å². The lowest BCUT2D eigenvalue weighted by molar-refractivity contribution is -0.139. The first-order valence-electron chi connectivity index (χ1n) is 9.77. The first kappa shape index (κ1) is 21.0. The zero-order valence-corrected chi connectivity index (χ0v) is 16.9. The number of ether oxygens (including phenoxy) is 2. The van der Waals surface area contributed by atoms with Gasteiger partial charge in [0.25, 0.3) is 5.91 Å². The summed E-state index contributed by atoms with van der Waals surface area (Å²) in [5, 5.41) is 0. The van der Waals surface area contributed by atoms with Crippen LogP contribution in [-0.4, -0.2) is 36.0 Å². The van der Waals surface area contributed by atoms with Gasteiger partial charge in [-0.1, -0.05) is 48.5 Å². The Labute approximate surface area is 175 Å². The van der Waals surface area contributed by atoms with Crippen LogP contribution < -0.4 is 0 Å². The summed E-state index contributed by atoms with van der Waals surface area (Å²) >= 11 is 0. The smallest absolute Gasteiger partial charge is 0.336 e. The number of rotatable bonds is 6. The maximum absolute atomic E-state index is 13.0. The van der Waals surface area contributed by atoms with Crippen LogP contribution >= 0.6 is 0 Å². The fourth-order valence-corrected chi connectivity index (χ4v) is 3.28. The molecule has 30 heavy (non-hydrogen) atoms. The van der Waals surface area contributed by atoms with Crippen LogP contribution in [0.3, 0.4) is 0 Å². The lowest BCUT2D eigenvalue weighted by Gasteiger charge is -2.29. The summed E-state index contributed by atoms with van der Waals surface area (Å²) in [6, 6.07) is 17.8. The first-order chi connectivity index (χ1) is 14.6. The zero-order valence-electron chi connectivity index (χ0n) is 16.9. The number of esters is 2. The van der Waals surface area contributed by atoms with E-state index in [0.29, 0.717) is 5.56 Å². The molecule has 0 saturated carbocycles. The maximum Gasteiger partial charge on any atom is 0.336 e. The lowest BCUT2D eigenvalue weighted by Crippen LogP contribution is -2.32. The largest absolute Gasteiger partial charge is 0.463 e. The number of carbonyl (C=O) groups excluding carboxylic acids is 3. The molecular formula is C24H23NO5. The SMILES string of the molecule is CCOC(=O)C1=CN(C(=O)c2ccccc2)C=C(C(=O)OCC)C1c1ccccc1. The molecule has 1 amide bonds. The molecule has 0 N–H and O–H groups in total. The van der Waals surface area contributed by atoms with E-state index in [2.05, 4.69) is 0 Å². The minimum atomic E-state index is -0.705. The van der Waals surface area contributed by atoms with E-state index in [0.717, 1.165) is 5.56 Å². The van der Waals surface area contributed by atoms with Crippen molar-refractivity contribution in [2.24, 2.45) is 0 Å². The summed E-state index contributed by atoms with van der Waals surface area (Å²) in [4.78, 5) is 39.9. The van der Waals surface area contributed by atoms with Gasteiger partial charge in [0.05, 0.1) is 30.3 Å². The Morgan fingerprint density at radius 1 is 0.767 bits per heavy atom. The molecule has 1 aliphatic rings. The number of hydrogen-bond acceptors (Lipinski definition) is 5. The molecule has 0 unspecified atom stereocenters. The third-order valence-electron chi connectivity index (χ3n) is 4.59. The molecule has 6 nitrogen and oxygen atoms in total. The van der Waals surface area contributed by atoms with E-state index in [-0.39, 0.29) is 30.3 Å². The van der Waals surface area contributed by atoms with Crippen molar-refractivity contribution in [3.63, 3.8) is 0 Å². The van der Waals surface area contributed by atoms with Crippen molar-refractivity contribution in [2.45, 2.75) is 19.8 Å². The molecule has 2 aromatic carbocycles. The summed E-state index contributed by atoms with van der Waals surface area (Å²) in [5.41, 5.74) is 1.54. The molecule has 0 aliphatic carbocycles. The molecule has 0 atom stereocenters. The number of benzene rings is 2. The molecule has 154 valence electrons. The van der Waals surface area contributed by atoms with Gasteiger partial charge in [-0.05, 0) is 31.5 Å². The predicted octanol–water partition coefficient (Wildman–Crippen LogP) is 3.82. The van der Waals surface area contributed by atoms with Crippen LogP contribution in [0.4, 0.5) is 0 Å². The standard InChI is InChI=1S/C24H23NO5/c1-3-29-23(27)19-15-25(22(26)18-13-9-6-10-14-18)16-20(24(28)30-4-2)21(19)17-11-7-5-8-12-17/h5-16,21H,3-4H2,1-2H3. The molecule has 0 saturated heterocycles. The first-order valence-corrected chi connectivity index (χ1v) is 9.77. The molecule has 0 spiro atoms. The Balaban J connectivity index is 2.13. The summed E-state index contributed by atoms with van der Waals surface area (Å²) in [5.74, 6) is -2.26. The van der Waals surface area contributed by atoms with E-state index in [4.69, 9.17) is 9.47 Å². The topological polar surface area (TPSA) is 72.9 Å². The van der Waals surface area contributed by atoms with E-state index in [1.807, 2.05) is 30.3 Å². The van der Waals surface area contributed by atoms with Gasteiger partial charge in [0, 0.05) is 18.0 Å². The minimum absolute atomic E-state index is 0.169. The third kappa shape index (κ3) is 4.49. The normalized spacial score (nSPS) is 13.9. The zero-order chi connectivity index (χ0) is 21.5. The predicted molar refractivity (Wildman–Crippen MR) is 111 cm³/mol. The van der Waals surface area contributed by atoms with E-state index in [1.54, 1.807) is 44.2 Å². The fourth-order valence-electron chi connectivity index (χ4n) is 3.28. The Bertz CT molecular complexity index is 943. The highest BCUT2D eigenvalue weighted by Crippen LogP contribution is 2.37. The van der Waals surface area contributed by atoms with E-state index < -0.39 is 17.9 Å². The lowest BCUT2D eigenvalue weighted by atomic mass is 9.83. The van der Waals surface area contributed by atoms with E-state index in [1.165, 1.54) is 17.3 Å². The number of nitrogens with zero attached hydrogens (tertiary/aromatic N) is 1. The molecule has 0 radical (unpaired) electrons. The second kappa shape index (κ2) is 9.69. The van der Waals surface area contributed by atoms with Gasteiger partial charge in [0.1, 0.15) is 0 Å². The summed E-state index contributed by atoms with van der Waals surface area (Å²) in [7, 11) is 0.